The van der Waals surface area contributed by atoms with Crippen LogP contribution in [0.15, 0.2) is 47.5 Å². The molecule has 5 nitrogen and oxygen atoms in total. The number of piperidine rings is 1. The van der Waals surface area contributed by atoms with Crippen LogP contribution in [0.3, 0.4) is 0 Å². The quantitative estimate of drug-likeness (QED) is 0.867. The second-order valence-corrected chi connectivity index (χ2v) is 5.72. The fraction of sp³-hybridized carbons (Fsp3) is 0.412. The molecule has 0 unspecified atom stereocenters. The Kier molecular flexibility index (Phi) is 4.42. The van der Waals surface area contributed by atoms with E-state index in [0.717, 1.165) is 38.3 Å². The summed E-state index contributed by atoms with van der Waals surface area (Å²) >= 11 is 0. The highest BCUT2D eigenvalue weighted by Crippen LogP contribution is 2.21. The molecule has 0 N–H and O–H groups in total. The van der Waals surface area contributed by atoms with Crippen molar-refractivity contribution < 1.29 is 4.74 Å². The summed E-state index contributed by atoms with van der Waals surface area (Å²) < 4.78 is 7.41. The van der Waals surface area contributed by atoms with Gasteiger partial charge in [0.25, 0.3) is 5.56 Å². The number of benzene rings is 1. The zero-order valence-corrected chi connectivity index (χ0v) is 12.8. The largest absolute Gasteiger partial charge is 0.493 e. The summed E-state index contributed by atoms with van der Waals surface area (Å²) in [7, 11) is 1.76. The SMILES string of the molecule is Cn1ccnc(N2CCC(COc3ccccc3)CC2)c1=O. The van der Waals surface area contributed by atoms with E-state index in [0.29, 0.717) is 11.7 Å². The van der Waals surface area contributed by atoms with Gasteiger partial charge in [0.15, 0.2) is 5.82 Å². The van der Waals surface area contributed by atoms with Gasteiger partial charge >= 0.3 is 0 Å². The minimum absolute atomic E-state index is 0.0264. The van der Waals surface area contributed by atoms with E-state index < -0.39 is 0 Å². The van der Waals surface area contributed by atoms with Crippen molar-refractivity contribution in [2.45, 2.75) is 12.8 Å². The van der Waals surface area contributed by atoms with Crippen LogP contribution in [0.1, 0.15) is 12.8 Å². The number of para-hydroxylation sites is 1. The third-order valence-electron chi connectivity index (χ3n) is 4.14. The van der Waals surface area contributed by atoms with Crippen molar-refractivity contribution in [3.63, 3.8) is 0 Å². The van der Waals surface area contributed by atoms with Crippen LogP contribution >= 0.6 is 0 Å². The van der Waals surface area contributed by atoms with Crippen molar-refractivity contribution in [3.05, 3.63) is 53.1 Å². The molecular formula is C17H21N3O2. The van der Waals surface area contributed by atoms with E-state index in [4.69, 9.17) is 4.74 Å². The predicted octanol–water partition coefficient (Wildman–Crippen LogP) is 2.08. The topological polar surface area (TPSA) is 47.4 Å². The summed E-state index contributed by atoms with van der Waals surface area (Å²) in [6, 6.07) is 9.90. The van der Waals surface area contributed by atoms with Gasteiger partial charge in [0.05, 0.1) is 6.61 Å². The van der Waals surface area contributed by atoms with Crippen molar-refractivity contribution in [3.8, 4) is 5.75 Å². The molecule has 0 radical (unpaired) electrons. The van der Waals surface area contributed by atoms with E-state index in [-0.39, 0.29) is 5.56 Å². The highest BCUT2D eigenvalue weighted by Gasteiger charge is 2.22. The maximum absolute atomic E-state index is 12.1. The van der Waals surface area contributed by atoms with Crippen molar-refractivity contribution in [2.75, 3.05) is 24.6 Å². The molecule has 1 aliphatic heterocycles. The smallest absolute Gasteiger partial charge is 0.293 e. The Bertz CT molecular complexity index is 661. The van der Waals surface area contributed by atoms with E-state index >= 15 is 0 Å². The molecule has 22 heavy (non-hydrogen) atoms. The highest BCUT2D eigenvalue weighted by molar-refractivity contribution is 5.36. The monoisotopic (exact) mass is 299 g/mol. The Morgan fingerprint density at radius 2 is 1.95 bits per heavy atom. The molecule has 0 amide bonds. The number of rotatable bonds is 4. The summed E-state index contributed by atoms with van der Waals surface area (Å²) in [5.41, 5.74) is -0.0264. The van der Waals surface area contributed by atoms with Crippen LogP contribution in [0.5, 0.6) is 5.75 Å². The minimum atomic E-state index is -0.0264. The first-order valence-electron chi connectivity index (χ1n) is 7.68. The lowest BCUT2D eigenvalue weighted by molar-refractivity contribution is 0.222. The Morgan fingerprint density at radius 3 is 2.68 bits per heavy atom. The molecule has 1 aliphatic rings. The molecule has 1 aromatic heterocycles. The number of nitrogens with zero attached hydrogens (tertiary/aromatic N) is 3. The van der Waals surface area contributed by atoms with E-state index in [9.17, 15) is 4.79 Å². The average Bonchev–Trinajstić information content (AvgIpc) is 2.57. The third kappa shape index (κ3) is 3.30. The molecule has 2 aromatic rings. The van der Waals surface area contributed by atoms with Gasteiger partial charge in [0.1, 0.15) is 5.75 Å². The lowest BCUT2D eigenvalue weighted by atomic mass is 9.98. The van der Waals surface area contributed by atoms with E-state index in [1.54, 1.807) is 24.0 Å². The molecule has 3 rings (SSSR count). The first-order valence-corrected chi connectivity index (χ1v) is 7.68. The summed E-state index contributed by atoms with van der Waals surface area (Å²) in [4.78, 5) is 18.4. The van der Waals surface area contributed by atoms with Gasteiger partial charge in [-0.3, -0.25) is 4.79 Å². The number of ether oxygens (including phenoxy) is 1. The second kappa shape index (κ2) is 6.64. The Morgan fingerprint density at radius 1 is 1.23 bits per heavy atom. The van der Waals surface area contributed by atoms with Gasteiger partial charge in [0.2, 0.25) is 0 Å². The Labute approximate surface area is 130 Å². The highest BCUT2D eigenvalue weighted by atomic mass is 16.5. The molecule has 5 heteroatoms. The zero-order chi connectivity index (χ0) is 15.4. The van der Waals surface area contributed by atoms with E-state index in [1.807, 2.05) is 30.3 Å². The van der Waals surface area contributed by atoms with Crippen LogP contribution in [0.4, 0.5) is 5.82 Å². The molecule has 1 saturated heterocycles. The van der Waals surface area contributed by atoms with E-state index in [1.165, 1.54) is 0 Å². The second-order valence-electron chi connectivity index (χ2n) is 5.72. The first kappa shape index (κ1) is 14.6. The van der Waals surface area contributed by atoms with Crippen LogP contribution in [-0.2, 0) is 7.05 Å². The summed E-state index contributed by atoms with van der Waals surface area (Å²) in [5, 5.41) is 0. The molecular weight excluding hydrogens is 278 g/mol. The van der Waals surface area contributed by atoms with Crippen LogP contribution in [0.25, 0.3) is 0 Å². The van der Waals surface area contributed by atoms with Crippen LogP contribution in [-0.4, -0.2) is 29.2 Å². The van der Waals surface area contributed by atoms with Crippen molar-refractivity contribution in [1.29, 1.82) is 0 Å². The summed E-state index contributed by atoms with van der Waals surface area (Å²) in [6.45, 7) is 2.45. The average molecular weight is 299 g/mol. The van der Waals surface area contributed by atoms with Gasteiger partial charge in [-0.1, -0.05) is 18.2 Å². The lowest BCUT2D eigenvalue weighted by Crippen LogP contribution is -2.39. The maximum atomic E-state index is 12.1. The number of anilines is 1. The summed E-state index contributed by atoms with van der Waals surface area (Å²) in [5.74, 6) is 2.01. The molecule has 116 valence electrons. The molecule has 0 aliphatic carbocycles. The zero-order valence-electron chi connectivity index (χ0n) is 12.8. The fourth-order valence-corrected chi connectivity index (χ4v) is 2.74. The molecule has 0 spiro atoms. The maximum Gasteiger partial charge on any atom is 0.293 e. The number of aryl methyl sites for hydroxylation is 1. The van der Waals surface area contributed by atoms with Gasteiger partial charge in [0, 0.05) is 32.5 Å². The van der Waals surface area contributed by atoms with Crippen LogP contribution in [0.2, 0.25) is 0 Å². The third-order valence-corrected chi connectivity index (χ3v) is 4.14. The standard InChI is InChI=1S/C17H21N3O2/c1-19-12-9-18-16(17(19)21)20-10-7-14(8-11-20)13-22-15-5-3-2-4-6-15/h2-6,9,12,14H,7-8,10-11,13H2,1H3. The van der Waals surface area contributed by atoms with Crippen molar-refractivity contribution >= 4 is 5.82 Å². The van der Waals surface area contributed by atoms with Gasteiger partial charge < -0.3 is 14.2 Å². The molecule has 0 atom stereocenters. The Hall–Kier alpha value is -2.30. The lowest BCUT2D eigenvalue weighted by Gasteiger charge is -2.32. The molecule has 0 bridgehead atoms. The predicted molar refractivity (Wildman–Crippen MR) is 86.4 cm³/mol. The number of aromatic nitrogens is 2. The first-order chi connectivity index (χ1) is 10.7. The number of hydrogen-bond acceptors (Lipinski definition) is 4. The summed E-state index contributed by atoms with van der Waals surface area (Å²) in [6.07, 6.45) is 5.41. The molecule has 2 heterocycles. The van der Waals surface area contributed by atoms with Gasteiger partial charge in [-0.05, 0) is 30.9 Å². The van der Waals surface area contributed by atoms with E-state index in [2.05, 4.69) is 9.88 Å². The minimum Gasteiger partial charge on any atom is -0.493 e. The van der Waals surface area contributed by atoms with Gasteiger partial charge in [-0.15, -0.1) is 0 Å². The fourth-order valence-electron chi connectivity index (χ4n) is 2.74. The Balaban J connectivity index is 1.54. The van der Waals surface area contributed by atoms with Crippen LogP contribution < -0.4 is 15.2 Å². The van der Waals surface area contributed by atoms with Crippen LogP contribution in [0, 0.1) is 5.92 Å². The van der Waals surface area contributed by atoms with Crippen molar-refractivity contribution in [2.24, 2.45) is 13.0 Å². The molecule has 0 saturated carbocycles. The number of hydrogen-bond donors (Lipinski definition) is 0. The van der Waals surface area contributed by atoms with Gasteiger partial charge in [-0.2, -0.15) is 0 Å². The van der Waals surface area contributed by atoms with Crippen molar-refractivity contribution in [1.82, 2.24) is 9.55 Å². The molecule has 1 aromatic carbocycles. The molecule has 1 fully saturated rings. The normalized spacial score (nSPS) is 15.8. The van der Waals surface area contributed by atoms with Gasteiger partial charge in [-0.25, -0.2) is 4.98 Å².